The summed E-state index contributed by atoms with van der Waals surface area (Å²) in [7, 11) is 0. The zero-order chi connectivity index (χ0) is 16.3. The Balaban J connectivity index is 3.71. The average molecular weight is 311 g/mol. The molecule has 2 amide bonds. The highest BCUT2D eigenvalue weighted by atomic mass is 19.4. The van der Waals surface area contributed by atoms with Crippen LogP contribution in [0.5, 0.6) is 0 Å². The van der Waals surface area contributed by atoms with Crippen LogP contribution in [0, 0.1) is 0 Å². The molecule has 0 saturated heterocycles. The van der Waals surface area contributed by atoms with Crippen LogP contribution in [0.25, 0.3) is 0 Å². The topological polar surface area (TPSA) is 61.4 Å². The summed E-state index contributed by atoms with van der Waals surface area (Å²) in [6.07, 6.45) is -2.97. The molecule has 0 saturated carbocycles. The molecule has 21 heavy (non-hydrogen) atoms. The molecule has 124 valence electrons. The van der Waals surface area contributed by atoms with Gasteiger partial charge in [-0.05, 0) is 32.5 Å². The van der Waals surface area contributed by atoms with E-state index < -0.39 is 18.6 Å². The average Bonchev–Trinajstić information content (AvgIpc) is 2.38. The summed E-state index contributed by atoms with van der Waals surface area (Å²) in [6.45, 7) is 4.97. The van der Waals surface area contributed by atoms with Crippen molar-refractivity contribution in [1.29, 1.82) is 0 Å². The van der Waals surface area contributed by atoms with Crippen molar-refractivity contribution >= 4 is 11.8 Å². The van der Waals surface area contributed by atoms with Crippen LogP contribution in [-0.4, -0.2) is 55.6 Å². The fraction of sp³-hybridized carbons (Fsp3) is 0.846. The molecule has 0 atom stereocenters. The number of nitrogens with zero attached hydrogens (tertiary/aromatic N) is 1. The molecule has 0 aromatic carbocycles. The maximum atomic E-state index is 11.9. The molecule has 8 heteroatoms. The van der Waals surface area contributed by atoms with Crippen molar-refractivity contribution in [3.63, 3.8) is 0 Å². The summed E-state index contributed by atoms with van der Waals surface area (Å²) >= 11 is 0. The fourth-order valence-corrected chi connectivity index (χ4v) is 1.75. The van der Waals surface area contributed by atoms with E-state index in [9.17, 15) is 22.8 Å². The van der Waals surface area contributed by atoms with Crippen molar-refractivity contribution in [2.24, 2.45) is 0 Å². The van der Waals surface area contributed by atoms with E-state index in [0.717, 1.165) is 19.5 Å². The number of rotatable bonds is 10. The highest BCUT2D eigenvalue weighted by Gasteiger charge is 2.27. The summed E-state index contributed by atoms with van der Waals surface area (Å²) in [5.41, 5.74) is 0. The number of carbonyl (C=O) groups excluding carboxylic acids is 2. The summed E-state index contributed by atoms with van der Waals surface area (Å²) in [5.74, 6) is -0.652. The van der Waals surface area contributed by atoms with Crippen molar-refractivity contribution in [2.75, 3.05) is 32.7 Å². The molecule has 0 aromatic heterocycles. The van der Waals surface area contributed by atoms with E-state index in [4.69, 9.17) is 0 Å². The largest absolute Gasteiger partial charge is 0.405 e. The van der Waals surface area contributed by atoms with Gasteiger partial charge >= 0.3 is 6.18 Å². The maximum absolute atomic E-state index is 11.9. The quantitative estimate of drug-likeness (QED) is 0.598. The number of hydrogen-bond acceptors (Lipinski definition) is 3. The summed E-state index contributed by atoms with van der Waals surface area (Å²) in [5, 5.41) is 4.54. The van der Waals surface area contributed by atoms with Gasteiger partial charge in [0.15, 0.2) is 0 Å². The molecule has 0 heterocycles. The molecule has 0 radical (unpaired) electrons. The third-order valence-corrected chi connectivity index (χ3v) is 2.84. The van der Waals surface area contributed by atoms with Crippen LogP contribution in [0.4, 0.5) is 13.2 Å². The Morgan fingerprint density at radius 1 is 1.10 bits per heavy atom. The minimum atomic E-state index is -4.37. The van der Waals surface area contributed by atoms with E-state index in [1.165, 1.54) is 6.92 Å². The van der Waals surface area contributed by atoms with E-state index in [1.54, 1.807) is 0 Å². The van der Waals surface area contributed by atoms with Crippen LogP contribution in [0.15, 0.2) is 0 Å². The van der Waals surface area contributed by atoms with Gasteiger partial charge in [0.25, 0.3) is 0 Å². The number of halogens is 3. The standard InChI is InChI=1S/C13H24F3N3O2/c1-3-19(9-5-7-17-11(2)20)8-4-6-12(21)18-10-13(14,15)16/h3-10H2,1-2H3,(H,17,20)(H,18,21). The number of nitrogens with one attached hydrogen (secondary N) is 2. The van der Waals surface area contributed by atoms with E-state index in [2.05, 4.69) is 10.2 Å². The maximum Gasteiger partial charge on any atom is 0.405 e. The number of carbonyl (C=O) groups is 2. The van der Waals surface area contributed by atoms with Crippen molar-refractivity contribution in [3.8, 4) is 0 Å². The Hall–Kier alpha value is -1.31. The number of alkyl halides is 3. The highest BCUT2D eigenvalue weighted by molar-refractivity contribution is 5.75. The molecule has 0 unspecified atom stereocenters. The van der Waals surface area contributed by atoms with Crippen LogP contribution >= 0.6 is 0 Å². The minimum Gasteiger partial charge on any atom is -0.356 e. The number of hydrogen-bond donors (Lipinski definition) is 2. The fourth-order valence-electron chi connectivity index (χ4n) is 1.75. The van der Waals surface area contributed by atoms with Crippen LogP contribution in [0.2, 0.25) is 0 Å². The van der Waals surface area contributed by atoms with Gasteiger partial charge in [0.2, 0.25) is 11.8 Å². The first-order chi connectivity index (χ1) is 9.74. The van der Waals surface area contributed by atoms with Gasteiger partial charge in [0.1, 0.15) is 6.54 Å². The van der Waals surface area contributed by atoms with Gasteiger partial charge in [0.05, 0.1) is 0 Å². The zero-order valence-corrected chi connectivity index (χ0v) is 12.6. The van der Waals surface area contributed by atoms with Crippen LogP contribution < -0.4 is 10.6 Å². The minimum absolute atomic E-state index is 0.0700. The molecule has 0 spiro atoms. The van der Waals surface area contributed by atoms with Crippen molar-refractivity contribution in [1.82, 2.24) is 15.5 Å². The van der Waals surface area contributed by atoms with Gasteiger partial charge in [-0.2, -0.15) is 13.2 Å². The predicted octanol–water partition coefficient (Wildman–Crippen LogP) is 1.29. The second-order valence-corrected chi connectivity index (χ2v) is 4.77. The third kappa shape index (κ3) is 13.4. The lowest BCUT2D eigenvalue weighted by atomic mass is 10.2. The second-order valence-electron chi connectivity index (χ2n) is 4.77. The van der Waals surface area contributed by atoms with Gasteiger partial charge in [-0.3, -0.25) is 9.59 Å². The Kier molecular flexibility index (Phi) is 9.77. The lowest BCUT2D eigenvalue weighted by molar-refractivity contribution is -0.138. The van der Waals surface area contributed by atoms with E-state index in [-0.39, 0.29) is 12.3 Å². The first-order valence-corrected chi connectivity index (χ1v) is 7.05. The monoisotopic (exact) mass is 311 g/mol. The lowest BCUT2D eigenvalue weighted by Gasteiger charge is -2.20. The van der Waals surface area contributed by atoms with Gasteiger partial charge < -0.3 is 15.5 Å². The van der Waals surface area contributed by atoms with Gasteiger partial charge in [-0.15, -0.1) is 0 Å². The predicted molar refractivity (Wildman–Crippen MR) is 73.7 cm³/mol. The normalized spacial score (nSPS) is 11.5. The Morgan fingerprint density at radius 2 is 1.71 bits per heavy atom. The summed E-state index contributed by atoms with van der Waals surface area (Å²) < 4.78 is 35.7. The zero-order valence-electron chi connectivity index (χ0n) is 12.6. The van der Waals surface area contributed by atoms with Gasteiger partial charge in [0, 0.05) is 19.9 Å². The summed E-state index contributed by atoms with van der Waals surface area (Å²) in [6, 6.07) is 0. The van der Waals surface area contributed by atoms with E-state index >= 15 is 0 Å². The molecule has 0 aromatic rings. The summed E-state index contributed by atoms with van der Waals surface area (Å²) in [4.78, 5) is 24.0. The third-order valence-electron chi connectivity index (χ3n) is 2.84. The molecule has 0 bridgehead atoms. The number of amides is 2. The Morgan fingerprint density at radius 3 is 2.24 bits per heavy atom. The first-order valence-electron chi connectivity index (χ1n) is 7.05. The van der Waals surface area contributed by atoms with Crippen LogP contribution in [0.3, 0.4) is 0 Å². The van der Waals surface area contributed by atoms with Gasteiger partial charge in [-0.25, -0.2) is 0 Å². The molecule has 0 aliphatic heterocycles. The molecular weight excluding hydrogens is 287 g/mol. The Labute approximate surface area is 123 Å². The molecule has 0 aliphatic carbocycles. The van der Waals surface area contributed by atoms with Gasteiger partial charge in [-0.1, -0.05) is 6.92 Å². The van der Waals surface area contributed by atoms with E-state index in [0.29, 0.717) is 19.5 Å². The first kappa shape index (κ1) is 19.7. The van der Waals surface area contributed by atoms with Crippen LogP contribution in [-0.2, 0) is 9.59 Å². The van der Waals surface area contributed by atoms with Crippen molar-refractivity contribution in [2.45, 2.75) is 39.3 Å². The second kappa shape index (κ2) is 10.4. The SMILES string of the molecule is CCN(CCCNC(C)=O)CCCC(=O)NCC(F)(F)F. The molecule has 2 N–H and O–H groups in total. The molecule has 0 fully saturated rings. The van der Waals surface area contributed by atoms with Crippen molar-refractivity contribution in [3.05, 3.63) is 0 Å². The smallest absolute Gasteiger partial charge is 0.356 e. The van der Waals surface area contributed by atoms with Crippen molar-refractivity contribution < 1.29 is 22.8 Å². The van der Waals surface area contributed by atoms with Crippen LogP contribution in [0.1, 0.15) is 33.1 Å². The highest BCUT2D eigenvalue weighted by Crippen LogP contribution is 2.12. The lowest BCUT2D eigenvalue weighted by Crippen LogP contribution is -2.34. The molecular formula is C13H24F3N3O2. The Bertz CT molecular complexity index is 322. The molecule has 0 aliphatic rings. The molecule has 5 nitrogen and oxygen atoms in total. The molecule has 0 rings (SSSR count). The van der Waals surface area contributed by atoms with E-state index in [1.807, 2.05) is 12.2 Å².